The summed E-state index contributed by atoms with van der Waals surface area (Å²) in [5.74, 6) is -2.16. The molecule has 92 valence electrons. The Balaban J connectivity index is 2.47. The van der Waals surface area contributed by atoms with E-state index in [2.05, 4.69) is 5.32 Å². The third-order valence-corrected chi connectivity index (χ3v) is 2.97. The number of carboxylic acids is 1. The number of nitrogens with one attached hydrogen (secondary N) is 1. The minimum absolute atomic E-state index is 0.231. The minimum Gasteiger partial charge on any atom is -0.481 e. The molecule has 0 aromatic heterocycles. The van der Waals surface area contributed by atoms with Gasteiger partial charge in [-0.3, -0.25) is 9.59 Å². The summed E-state index contributed by atoms with van der Waals surface area (Å²) in [7, 11) is 0. The van der Waals surface area contributed by atoms with E-state index in [0.717, 1.165) is 0 Å². The molecule has 6 nitrogen and oxygen atoms in total. The summed E-state index contributed by atoms with van der Waals surface area (Å²) >= 11 is 0. The van der Waals surface area contributed by atoms with Crippen LogP contribution in [0.15, 0.2) is 0 Å². The molecule has 4 atom stereocenters. The zero-order valence-electron chi connectivity index (χ0n) is 9.47. The number of amides is 1. The molecule has 4 N–H and O–H groups in total. The number of ether oxygens (including phenoxy) is 1. The molecule has 0 aromatic carbocycles. The van der Waals surface area contributed by atoms with E-state index in [1.165, 1.54) is 0 Å². The van der Waals surface area contributed by atoms with Crippen LogP contribution in [-0.2, 0) is 14.3 Å². The van der Waals surface area contributed by atoms with Gasteiger partial charge in [-0.05, 0) is 13.8 Å². The maximum absolute atomic E-state index is 11.7. The van der Waals surface area contributed by atoms with Crippen LogP contribution in [-0.4, -0.2) is 42.3 Å². The highest BCUT2D eigenvalue weighted by Crippen LogP contribution is 2.13. The van der Waals surface area contributed by atoms with E-state index in [0.29, 0.717) is 13.2 Å². The second-order valence-electron chi connectivity index (χ2n) is 4.23. The van der Waals surface area contributed by atoms with Gasteiger partial charge in [-0.15, -0.1) is 0 Å². The van der Waals surface area contributed by atoms with Gasteiger partial charge < -0.3 is 20.9 Å². The van der Waals surface area contributed by atoms with Crippen LogP contribution in [0.4, 0.5) is 0 Å². The van der Waals surface area contributed by atoms with E-state index in [1.807, 2.05) is 0 Å². The second-order valence-corrected chi connectivity index (χ2v) is 4.23. The standard InChI is InChI=1S/C10H18N2O4/c1-5(10(14)15)6(2)12-9(13)7-3-16-4-8(7)11/h5-8H,3-4,11H2,1-2H3,(H,12,13)(H,14,15). The van der Waals surface area contributed by atoms with E-state index < -0.39 is 17.9 Å². The molecule has 0 aliphatic carbocycles. The third kappa shape index (κ3) is 2.93. The smallest absolute Gasteiger partial charge is 0.308 e. The molecule has 1 heterocycles. The van der Waals surface area contributed by atoms with Gasteiger partial charge in [-0.2, -0.15) is 0 Å². The quantitative estimate of drug-likeness (QED) is 0.586. The Morgan fingerprint density at radius 2 is 2.06 bits per heavy atom. The SMILES string of the molecule is CC(NC(=O)C1COCC1N)C(C)C(=O)O. The van der Waals surface area contributed by atoms with Gasteiger partial charge in [0.05, 0.1) is 25.0 Å². The molecule has 6 heteroatoms. The average molecular weight is 230 g/mol. The highest BCUT2D eigenvalue weighted by Gasteiger charge is 2.33. The van der Waals surface area contributed by atoms with Gasteiger partial charge >= 0.3 is 5.97 Å². The molecule has 1 rings (SSSR count). The van der Waals surface area contributed by atoms with Crippen LogP contribution in [0.3, 0.4) is 0 Å². The van der Waals surface area contributed by atoms with Gasteiger partial charge in [0.2, 0.25) is 5.91 Å². The Morgan fingerprint density at radius 3 is 2.50 bits per heavy atom. The molecular weight excluding hydrogens is 212 g/mol. The van der Waals surface area contributed by atoms with Gasteiger partial charge in [0, 0.05) is 12.1 Å². The van der Waals surface area contributed by atoms with Crippen molar-refractivity contribution in [3.63, 3.8) is 0 Å². The summed E-state index contributed by atoms with van der Waals surface area (Å²) < 4.78 is 5.08. The number of hydrogen-bond acceptors (Lipinski definition) is 4. The van der Waals surface area contributed by atoms with Crippen molar-refractivity contribution in [3.05, 3.63) is 0 Å². The summed E-state index contributed by atoms with van der Waals surface area (Å²) in [5.41, 5.74) is 5.69. The highest BCUT2D eigenvalue weighted by molar-refractivity contribution is 5.81. The average Bonchev–Trinajstić information content (AvgIpc) is 2.62. The maximum Gasteiger partial charge on any atom is 0.308 e. The first kappa shape index (κ1) is 12.9. The Bertz CT molecular complexity index is 282. The Kier molecular flexibility index (Phi) is 4.26. The molecule has 0 spiro atoms. The fourth-order valence-electron chi connectivity index (χ4n) is 1.51. The van der Waals surface area contributed by atoms with Crippen molar-refractivity contribution < 1.29 is 19.4 Å². The lowest BCUT2D eigenvalue weighted by atomic mass is 10.00. The Morgan fingerprint density at radius 1 is 1.44 bits per heavy atom. The van der Waals surface area contributed by atoms with Crippen molar-refractivity contribution in [1.82, 2.24) is 5.32 Å². The fourth-order valence-corrected chi connectivity index (χ4v) is 1.51. The number of hydrogen-bond donors (Lipinski definition) is 3. The van der Waals surface area contributed by atoms with Crippen LogP contribution in [0.25, 0.3) is 0 Å². The van der Waals surface area contributed by atoms with E-state index in [-0.39, 0.29) is 17.9 Å². The van der Waals surface area contributed by atoms with Crippen LogP contribution in [0, 0.1) is 11.8 Å². The zero-order chi connectivity index (χ0) is 12.3. The van der Waals surface area contributed by atoms with Gasteiger partial charge in [-0.1, -0.05) is 0 Å². The number of carbonyl (C=O) groups excluding carboxylic acids is 1. The van der Waals surface area contributed by atoms with E-state index >= 15 is 0 Å². The number of aliphatic carboxylic acids is 1. The third-order valence-electron chi connectivity index (χ3n) is 2.97. The van der Waals surface area contributed by atoms with Crippen molar-refractivity contribution >= 4 is 11.9 Å². The Labute approximate surface area is 94.1 Å². The van der Waals surface area contributed by atoms with E-state index in [9.17, 15) is 9.59 Å². The van der Waals surface area contributed by atoms with Crippen LogP contribution in [0.5, 0.6) is 0 Å². The zero-order valence-corrected chi connectivity index (χ0v) is 9.47. The first-order valence-corrected chi connectivity index (χ1v) is 5.30. The normalized spacial score (nSPS) is 28.4. The van der Waals surface area contributed by atoms with E-state index in [4.69, 9.17) is 15.6 Å². The van der Waals surface area contributed by atoms with Crippen molar-refractivity contribution in [1.29, 1.82) is 0 Å². The molecule has 1 fully saturated rings. The molecule has 0 aromatic rings. The first-order valence-electron chi connectivity index (χ1n) is 5.30. The van der Waals surface area contributed by atoms with E-state index in [1.54, 1.807) is 13.8 Å². The lowest BCUT2D eigenvalue weighted by Crippen LogP contribution is -2.47. The van der Waals surface area contributed by atoms with Crippen molar-refractivity contribution in [2.24, 2.45) is 17.6 Å². The topological polar surface area (TPSA) is 102 Å². The second kappa shape index (κ2) is 5.27. The summed E-state index contributed by atoms with van der Waals surface area (Å²) in [6.07, 6.45) is 0. The van der Waals surface area contributed by atoms with Crippen molar-refractivity contribution in [2.45, 2.75) is 25.9 Å². The van der Waals surface area contributed by atoms with Crippen LogP contribution in [0.1, 0.15) is 13.8 Å². The molecule has 1 saturated heterocycles. The Hall–Kier alpha value is -1.14. The van der Waals surface area contributed by atoms with Gasteiger partial charge in [-0.25, -0.2) is 0 Å². The molecular formula is C10H18N2O4. The van der Waals surface area contributed by atoms with Crippen LogP contribution in [0.2, 0.25) is 0 Å². The summed E-state index contributed by atoms with van der Waals surface area (Å²) in [4.78, 5) is 22.4. The van der Waals surface area contributed by atoms with Gasteiger partial charge in [0.1, 0.15) is 0 Å². The number of carbonyl (C=O) groups is 2. The molecule has 0 bridgehead atoms. The maximum atomic E-state index is 11.7. The number of carboxylic acid groups (broad SMARTS) is 1. The lowest BCUT2D eigenvalue weighted by Gasteiger charge is -2.21. The molecule has 0 radical (unpaired) electrons. The van der Waals surface area contributed by atoms with Crippen molar-refractivity contribution in [3.8, 4) is 0 Å². The predicted octanol–water partition coefficient (Wildman–Crippen LogP) is -0.814. The summed E-state index contributed by atoms with van der Waals surface area (Å²) in [6.45, 7) is 3.90. The molecule has 1 aliphatic rings. The minimum atomic E-state index is -0.931. The van der Waals surface area contributed by atoms with Crippen LogP contribution >= 0.6 is 0 Å². The molecule has 1 aliphatic heterocycles. The summed E-state index contributed by atoms with van der Waals surface area (Å²) in [6, 6.07) is -0.717. The summed E-state index contributed by atoms with van der Waals surface area (Å²) in [5, 5.41) is 11.4. The lowest BCUT2D eigenvalue weighted by molar-refractivity contribution is -0.142. The molecule has 1 amide bonds. The monoisotopic (exact) mass is 230 g/mol. The molecule has 4 unspecified atom stereocenters. The first-order chi connectivity index (χ1) is 7.43. The molecule has 0 saturated carbocycles. The molecule has 16 heavy (non-hydrogen) atoms. The van der Waals surface area contributed by atoms with Crippen molar-refractivity contribution in [2.75, 3.05) is 13.2 Å². The fraction of sp³-hybridized carbons (Fsp3) is 0.800. The number of nitrogens with two attached hydrogens (primary N) is 1. The largest absolute Gasteiger partial charge is 0.481 e. The highest BCUT2D eigenvalue weighted by atomic mass is 16.5. The predicted molar refractivity (Wildman–Crippen MR) is 56.7 cm³/mol. The van der Waals surface area contributed by atoms with Crippen LogP contribution < -0.4 is 11.1 Å². The number of rotatable bonds is 4. The van der Waals surface area contributed by atoms with Gasteiger partial charge in [0.15, 0.2) is 0 Å². The van der Waals surface area contributed by atoms with Gasteiger partial charge in [0.25, 0.3) is 0 Å².